The largest absolute Gasteiger partial charge is 0.366 e. The molecule has 0 radical (unpaired) electrons. The van der Waals surface area contributed by atoms with Crippen molar-refractivity contribution in [2.75, 3.05) is 25.5 Å². The molecule has 7 nitrogen and oxygen atoms in total. The number of pyridine rings is 2. The minimum atomic E-state index is -0.0512. The van der Waals surface area contributed by atoms with E-state index in [2.05, 4.69) is 31.2 Å². The highest BCUT2D eigenvalue weighted by Crippen LogP contribution is 2.18. The summed E-state index contributed by atoms with van der Waals surface area (Å²) >= 11 is 3.40. The lowest BCUT2D eigenvalue weighted by molar-refractivity contribution is -0.129. The molecule has 3 rings (SSSR count). The number of carbonyl (C=O) groups is 2. The van der Waals surface area contributed by atoms with Crippen molar-refractivity contribution < 1.29 is 9.59 Å². The van der Waals surface area contributed by atoms with Gasteiger partial charge in [0.2, 0.25) is 5.91 Å². The summed E-state index contributed by atoms with van der Waals surface area (Å²) in [4.78, 5) is 36.1. The zero-order valence-electron chi connectivity index (χ0n) is 15.4. The molecule has 0 aliphatic carbocycles. The van der Waals surface area contributed by atoms with Crippen molar-refractivity contribution in [3.63, 3.8) is 0 Å². The fourth-order valence-electron chi connectivity index (χ4n) is 3.05. The molecular weight excluding hydrogens is 410 g/mol. The van der Waals surface area contributed by atoms with Crippen molar-refractivity contribution in [3.8, 4) is 0 Å². The van der Waals surface area contributed by atoms with Crippen LogP contribution < -0.4 is 5.32 Å². The monoisotopic (exact) mass is 431 g/mol. The number of amides is 2. The van der Waals surface area contributed by atoms with E-state index in [4.69, 9.17) is 0 Å². The van der Waals surface area contributed by atoms with Crippen LogP contribution in [-0.2, 0) is 11.3 Å². The molecular formula is C19H22BrN5O2. The molecule has 0 bridgehead atoms. The van der Waals surface area contributed by atoms with E-state index in [1.54, 1.807) is 54.5 Å². The number of anilines is 1. The van der Waals surface area contributed by atoms with E-state index in [0.29, 0.717) is 31.0 Å². The smallest absolute Gasteiger partial charge is 0.255 e. The molecule has 1 atom stereocenters. The van der Waals surface area contributed by atoms with Crippen molar-refractivity contribution in [2.24, 2.45) is 0 Å². The topological polar surface area (TPSA) is 78.4 Å². The number of likely N-dealkylation sites (tertiary alicyclic amines) is 1. The van der Waals surface area contributed by atoms with Gasteiger partial charge < -0.3 is 15.1 Å². The van der Waals surface area contributed by atoms with Gasteiger partial charge in [-0.1, -0.05) is 0 Å². The van der Waals surface area contributed by atoms with Crippen LogP contribution in [0.25, 0.3) is 0 Å². The molecule has 0 spiro atoms. The number of halogens is 1. The molecule has 1 aliphatic heterocycles. The number of nitrogens with zero attached hydrogens (tertiary/aromatic N) is 4. The van der Waals surface area contributed by atoms with Crippen LogP contribution in [0.5, 0.6) is 0 Å². The Balaban J connectivity index is 1.57. The van der Waals surface area contributed by atoms with Crippen LogP contribution in [-0.4, -0.2) is 57.8 Å². The number of rotatable bonds is 5. The van der Waals surface area contributed by atoms with Crippen LogP contribution in [0.3, 0.4) is 0 Å². The van der Waals surface area contributed by atoms with Gasteiger partial charge in [-0.05, 0) is 46.1 Å². The maximum absolute atomic E-state index is 12.7. The summed E-state index contributed by atoms with van der Waals surface area (Å²) in [6.07, 6.45) is 5.91. The van der Waals surface area contributed by atoms with E-state index < -0.39 is 0 Å². The summed E-state index contributed by atoms with van der Waals surface area (Å²) in [5.74, 6) is 0.666. The van der Waals surface area contributed by atoms with Gasteiger partial charge >= 0.3 is 0 Å². The minimum absolute atomic E-state index is 0.0204. The molecule has 3 heterocycles. The average Bonchev–Trinajstić information content (AvgIpc) is 3.15. The Morgan fingerprint density at radius 2 is 2.15 bits per heavy atom. The Bertz CT molecular complexity index is 827. The third-order valence-electron chi connectivity index (χ3n) is 4.74. The van der Waals surface area contributed by atoms with Crippen molar-refractivity contribution in [2.45, 2.75) is 25.9 Å². The molecule has 1 fully saturated rings. The van der Waals surface area contributed by atoms with E-state index >= 15 is 0 Å². The number of hydrogen-bond acceptors (Lipinski definition) is 5. The van der Waals surface area contributed by atoms with Crippen molar-refractivity contribution in [1.82, 2.24) is 19.8 Å². The lowest BCUT2D eigenvalue weighted by Crippen LogP contribution is -2.38. The molecule has 1 saturated heterocycles. The summed E-state index contributed by atoms with van der Waals surface area (Å²) in [5.41, 5.74) is 1.58. The highest BCUT2D eigenvalue weighted by molar-refractivity contribution is 9.10. The minimum Gasteiger partial charge on any atom is -0.366 e. The number of carbonyl (C=O) groups excluding carboxylic acids is 2. The van der Waals surface area contributed by atoms with E-state index in [1.165, 1.54) is 0 Å². The third kappa shape index (κ3) is 4.82. The normalized spacial score (nSPS) is 16.3. The van der Waals surface area contributed by atoms with Gasteiger partial charge in [0.25, 0.3) is 5.91 Å². The first-order valence-corrected chi connectivity index (χ1v) is 9.55. The van der Waals surface area contributed by atoms with Gasteiger partial charge in [-0.25, -0.2) is 4.98 Å². The van der Waals surface area contributed by atoms with Crippen LogP contribution in [0, 0.1) is 0 Å². The zero-order chi connectivity index (χ0) is 19.4. The van der Waals surface area contributed by atoms with Crippen molar-refractivity contribution in [3.05, 3.63) is 52.4 Å². The van der Waals surface area contributed by atoms with Crippen molar-refractivity contribution >= 4 is 33.6 Å². The fraction of sp³-hybridized carbons (Fsp3) is 0.368. The van der Waals surface area contributed by atoms with Gasteiger partial charge in [-0.2, -0.15) is 0 Å². The Morgan fingerprint density at radius 1 is 1.33 bits per heavy atom. The van der Waals surface area contributed by atoms with Crippen molar-refractivity contribution in [1.29, 1.82) is 0 Å². The lowest BCUT2D eigenvalue weighted by atomic mass is 10.2. The van der Waals surface area contributed by atoms with Crippen LogP contribution in [0.15, 0.2) is 41.3 Å². The quantitative estimate of drug-likeness (QED) is 0.786. The lowest BCUT2D eigenvalue weighted by Gasteiger charge is -2.23. The Hall–Kier alpha value is -2.48. The third-order valence-corrected chi connectivity index (χ3v) is 5.17. The number of aromatic nitrogens is 2. The molecule has 1 aliphatic rings. The van der Waals surface area contributed by atoms with Crippen LogP contribution in [0.2, 0.25) is 0 Å². The second-order valence-corrected chi connectivity index (χ2v) is 7.54. The summed E-state index contributed by atoms with van der Waals surface area (Å²) in [7, 11) is 1.78. The molecule has 0 aromatic carbocycles. The predicted octanol–water partition coefficient (Wildman–Crippen LogP) is 2.54. The average molecular weight is 432 g/mol. The van der Waals surface area contributed by atoms with Gasteiger partial charge in [0.05, 0.1) is 11.6 Å². The first kappa shape index (κ1) is 19.3. The summed E-state index contributed by atoms with van der Waals surface area (Å²) < 4.78 is 0.926. The highest BCUT2D eigenvalue weighted by Gasteiger charge is 2.30. The maximum atomic E-state index is 12.7. The summed E-state index contributed by atoms with van der Waals surface area (Å²) in [5, 5.41) is 3.22. The summed E-state index contributed by atoms with van der Waals surface area (Å²) in [6.45, 7) is 3.35. The first-order chi connectivity index (χ1) is 12.9. The van der Waals surface area contributed by atoms with Crippen LogP contribution in [0.4, 0.5) is 5.82 Å². The van der Waals surface area contributed by atoms with E-state index in [1.807, 2.05) is 6.07 Å². The molecule has 1 N–H and O–H groups in total. The van der Waals surface area contributed by atoms with Gasteiger partial charge in [0, 0.05) is 56.7 Å². The second-order valence-electron chi connectivity index (χ2n) is 6.62. The molecule has 142 valence electrons. The Labute approximate surface area is 166 Å². The molecule has 8 heteroatoms. The predicted molar refractivity (Wildman–Crippen MR) is 106 cm³/mol. The van der Waals surface area contributed by atoms with E-state index in [-0.39, 0.29) is 17.9 Å². The number of likely N-dealkylation sites (N-methyl/N-ethyl adjacent to an activating group) is 1. The molecule has 27 heavy (non-hydrogen) atoms. The molecule has 0 unspecified atom stereocenters. The maximum Gasteiger partial charge on any atom is 0.255 e. The fourth-order valence-corrected chi connectivity index (χ4v) is 3.46. The van der Waals surface area contributed by atoms with Gasteiger partial charge in [-0.15, -0.1) is 0 Å². The standard InChI is InChI=1S/C19H22BrN5O2/c1-13(26)24(2)17-5-6-25(12-17)19(27)15-3-4-18(23-10-15)22-9-14-7-16(20)11-21-8-14/h3-4,7-8,10-11,17H,5-6,9,12H2,1-2H3,(H,22,23)/t17-/m0/s1. The van der Waals surface area contributed by atoms with Gasteiger partial charge in [0.1, 0.15) is 5.82 Å². The second kappa shape index (κ2) is 8.47. The SMILES string of the molecule is CC(=O)N(C)[C@H]1CCN(C(=O)c2ccc(NCc3cncc(Br)c3)nc2)C1. The molecule has 2 aromatic heterocycles. The van der Waals surface area contributed by atoms with Crippen LogP contribution >= 0.6 is 15.9 Å². The van der Waals surface area contributed by atoms with Crippen LogP contribution in [0.1, 0.15) is 29.3 Å². The Kier molecular flexibility index (Phi) is 6.05. The molecule has 2 aromatic rings. The number of hydrogen-bond donors (Lipinski definition) is 1. The first-order valence-electron chi connectivity index (χ1n) is 8.76. The van der Waals surface area contributed by atoms with Gasteiger partial charge in [-0.3, -0.25) is 14.6 Å². The number of nitrogens with one attached hydrogen (secondary N) is 1. The van der Waals surface area contributed by atoms with Gasteiger partial charge in [0.15, 0.2) is 0 Å². The zero-order valence-corrected chi connectivity index (χ0v) is 16.9. The molecule has 0 saturated carbocycles. The van der Waals surface area contributed by atoms with E-state index in [0.717, 1.165) is 16.5 Å². The van der Waals surface area contributed by atoms with E-state index in [9.17, 15) is 9.59 Å². The highest BCUT2D eigenvalue weighted by atomic mass is 79.9. The molecule has 2 amide bonds. The summed E-state index contributed by atoms with van der Waals surface area (Å²) in [6, 6.07) is 5.64. The Morgan fingerprint density at radius 3 is 2.81 bits per heavy atom.